The number of benzene rings is 2. The minimum Gasteiger partial charge on any atom is -0.488 e. The molecule has 1 aliphatic rings. The minimum atomic E-state index is -4.65. The summed E-state index contributed by atoms with van der Waals surface area (Å²) in [5, 5.41) is 0.384. The average Bonchev–Trinajstić information content (AvgIpc) is 3.11. The van der Waals surface area contributed by atoms with Crippen molar-refractivity contribution in [1.82, 2.24) is 4.90 Å². The van der Waals surface area contributed by atoms with E-state index in [4.69, 9.17) is 9.15 Å². The number of hydrogen-bond donors (Lipinski definition) is 1. The summed E-state index contributed by atoms with van der Waals surface area (Å²) in [6.45, 7) is 1.17. The van der Waals surface area contributed by atoms with Gasteiger partial charge in [-0.3, -0.25) is 4.72 Å². The molecule has 170 valence electrons. The molecule has 1 aromatic heterocycles. The van der Waals surface area contributed by atoms with Crippen molar-refractivity contribution < 1.29 is 30.7 Å². The summed E-state index contributed by atoms with van der Waals surface area (Å²) in [4.78, 5) is 13.1. The van der Waals surface area contributed by atoms with E-state index in [9.17, 15) is 26.4 Å². The minimum absolute atomic E-state index is 0.0703. The number of likely N-dealkylation sites (N-methyl/N-ethyl adjacent to an activating group) is 1. The van der Waals surface area contributed by atoms with Crippen LogP contribution in [0.1, 0.15) is 12.0 Å². The molecule has 1 aliphatic heterocycles. The van der Waals surface area contributed by atoms with Crippen LogP contribution in [0.5, 0.6) is 5.75 Å². The lowest BCUT2D eigenvalue weighted by molar-refractivity contribution is -0.139. The molecule has 0 bridgehead atoms. The van der Waals surface area contributed by atoms with Crippen LogP contribution in [-0.4, -0.2) is 39.6 Å². The molecular weight excluding hydrogens is 449 g/mol. The summed E-state index contributed by atoms with van der Waals surface area (Å²) < 4.78 is 78.9. The lowest BCUT2D eigenvalue weighted by atomic mass is 10.1. The Balaban J connectivity index is 1.65. The molecule has 1 N–H and O–H groups in total. The molecule has 7 nitrogen and oxygen atoms in total. The largest absolute Gasteiger partial charge is 0.488 e. The second-order valence-corrected chi connectivity index (χ2v) is 9.24. The number of ether oxygens (including phenoxy) is 1. The van der Waals surface area contributed by atoms with E-state index < -0.39 is 39.2 Å². The number of halogens is 3. The maximum Gasteiger partial charge on any atom is 0.419 e. The van der Waals surface area contributed by atoms with Crippen molar-refractivity contribution in [3.63, 3.8) is 0 Å². The van der Waals surface area contributed by atoms with Crippen LogP contribution in [0, 0.1) is 0 Å². The van der Waals surface area contributed by atoms with Crippen LogP contribution in [0.3, 0.4) is 0 Å². The summed E-state index contributed by atoms with van der Waals surface area (Å²) in [5.41, 5.74) is -1.41. The van der Waals surface area contributed by atoms with E-state index in [1.165, 1.54) is 24.3 Å². The van der Waals surface area contributed by atoms with Gasteiger partial charge in [0.15, 0.2) is 0 Å². The third-order valence-electron chi connectivity index (χ3n) is 5.08. The van der Waals surface area contributed by atoms with Gasteiger partial charge in [0.1, 0.15) is 17.4 Å². The number of sulfonamides is 1. The summed E-state index contributed by atoms with van der Waals surface area (Å²) in [6, 6.07) is 9.33. The molecule has 32 heavy (non-hydrogen) atoms. The second kappa shape index (κ2) is 8.14. The van der Waals surface area contributed by atoms with Crippen molar-refractivity contribution in [1.29, 1.82) is 0 Å². The zero-order chi connectivity index (χ0) is 23.1. The highest BCUT2D eigenvalue weighted by Crippen LogP contribution is 2.39. The number of nitrogens with zero attached hydrogens (tertiary/aromatic N) is 1. The van der Waals surface area contributed by atoms with E-state index in [0.717, 1.165) is 24.3 Å². The predicted molar refractivity (Wildman–Crippen MR) is 111 cm³/mol. The first-order valence-electron chi connectivity index (χ1n) is 9.64. The van der Waals surface area contributed by atoms with Gasteiger partial charge in [0, 0.05) is 30.6 Å². The van der Waals surface area contributed by atoms with Gasteiger partial charge in [-0.2, -0.15) is 13.2 Å². The van der Waals surface area contributed by atoms with E-state index >= 15 is 0 Å². The molecule has 1 unspecified atom stereocenters. The van der Waals surface area contributed by atoms with Gasteiger partial charge in [0.05, 0.1) is 16.1 Å². The molecule has 1 saturated heterocycles. The van der Waals surface area contributed by atoms with E-state index in [1.807, 2.05) is 11.9 Å². The summed E-state index contributed by atoms with van der Waals surface area (Å²) in [6.07, 6.45) is -4.51. The molecule has 1 fully saturated rings. The second-order valence-electron chi connectivity index (χ2n) is 7.56. The van der Waals surface area contributed by atoms with Gasteiger partial charge in [-0.15, -0.1) is 0 Å². The molecule has 2 aromatic carbocycles. The summed E-state index contributed by atoms with van der Waals surface area (Å²) >= 11 is 0. The van der Waals surface area contributed by atoms with Crippen molar-refractivity contribution in [3.05, 3.63) is 64.5 Å². The normalized spacial score (nSPS) is 17.6. The van der Waals surface area contributed by atoms with E-state index in [1.54, 1.807) is 0 Å². The Morgan fingerprint density at radius 1 is 1.12 bits per heavy atom. The predicted octanol–water partition coefficient (Wildman–Crippen LogP) is 3.70. The van der Waals surface area contributed by atoms with Gasteiger partial charge in [0.25, 0.3) is 10.0 Å². The maximum atomic E-state index is 13.5. The highest BCUT2D eigenvalue weighted by Gasteiger charge is 2.36. The van der Waals surface area contributed by atoms with Crippen molar-refractivity contribution in [2.75, 3.05) is 24.9 Å². The van der Waals surface area contributed by atoms with Crippen LogP contribution in [0.2, 0.25) is 0 Å². The van der Waals surface area contributed by atoms with Crippen LogP contribution in [-0.2, 0) is 16.2 Å². The first-order valence-corrected chi connectivity index (χ1v) is 11.1. The topological polar surface area (TPSA) is 88.8 Å². The van der Waals surface area contributed by atoms with Crippen LogP contribution < -0.4 is 15.1 Å². The Bertz CT molecular complexity index is 1320. The Kier molecular flexibility index (Phi) is 5.63. The van der Waals surface area contributed by atoms with Crippen molar-refractivity contribution >= 4 is 26.7 Å². The molecule has 3 aromatic rings. The SMILES string of the molecule is CN1CCC(Oc2cc(NS(=O)(=O)c3ccc4oc(=O)ccc4c3)ccc2C(F)(F)F)C1. The molecule has 0 amide bonds. The van der Waals surface area contributed by atoms with E-state index in [-0.39, 0.29) is 16.2 Å². The Morgan fingerprint density at radius 2 is 1.91 bits per heavy atom. The molecular formula is C21H19F3N2O5S. The summed E-state index contributed by atoms with van der Waals surface area (Å²) in [5.74, 6) is -0.432. The Morgan fingerprint density at radius 3 is 2.59 bits per heavy atom. The number of nitrogens with one attached hydrogen (secondary N) is 1. The van der Waals surface area contributed by atoms with Gasteiger partial charge in [-0.05, 0) is 49.9 Å². The lowest BCUT2D eigenvalue weighted by Crippen LogP contribution is -2.23. The van der Waals surface area contributed by atoms with Gasteiger partial charge in [-0.25, -0.2) is 13.2 Å². The zero-order valence-electron chi connectivity index (χ0n) is 16.8. The zero-order valence-corrected chi connectivity index (χ0v) is 17.7. The van der Waals surface area contributed by atoms with Gasteiger partial charge in [0.2, 0.25) is 0 Å². The third-order valence-corrected chi connectivity index (χ3v) is 6.46. The van der Waals surface area contributed by atoms with E-state index in [2.05, 4.69) is 4.72 Å². The molecule has 11 heteroatoms. The fourth-order valence-electron chi connectivity index (χ4n) is 3.52. The van der Waals surface area contributed by atoms with Crippen LogP contribution in [0.25, 0.3) is 11.0 Å². The highest BCUT2D eigenvalue weighted by molar-refractivity contribution is 7.92. The Hall–Kier alpha value is -3.05. The first kappa shape index (κ1) is 22.2. The molecule has 2 heterocycles. The van der Waals surface area contributed by atoms with Gasteiger partial charge >= 0.3 is 11.8 Å². The van der Waals surface area contributed by atoms with Crippen molar-refractivity contribution in [3.8, 4) is 5.75 Å². The fraction of sp³-hybridized carbons (Fsp3) is 0.286. The number of hydrogen-bond acceptors (Lipinski definition) is 6. The number of anilines is 1. The standard InChI is InChI=1S/C21H19F3N2O5S/c1-26-9-8-15(12-26)30-19-11-14(3-5-17(19)21(22,23)24)25-32(28,29)16-4-6-18-13(10-16)2-7-20(27)31-18/h2-7,10-11,15,25H,8-9,12H2,1H3. The lowest BCUT2D eigenvalue weighted by Gasteiger charge is -2.19. The smallest absolute Gasteiger partial charge is 0.419 e. The molecule has 0 radical (unpaired) electrons. The van der Waals surface area contributed by atoms with Crippen LogP contribution in [0.15, 0.2) is 62.6 Å². The van der Waals surface area contributed by atoms with Crippen LogP contribution in [0.4, 0.5) is 18.9 Å². The quantitative estimate of drug-likeness (QED) is 0.575. The number of likely N-dealkylation sites (tertiary alicyclic amines) is 1. The third kappa shape index (κ3) is 4.73. The fourth-order valence-corrected chi connectivity index (χ4v) is 4.60. The van der Waals surface area contributed by atoms with Gasteiger partial charge in [-0.1, -0.05) is 0 Å². The highest BCUT2D eigenvalue weighted by atomic mass is 32.2. The van der Waals surface area contributed by atoms with Gasteiger partial charge < -0.3 is 14.1 Å². The Labute approximate surface area is 181 Å². The molecule has 0 saturated carbocycles. The van der Waals surface area contributed by atoms with Crippen molar-refractivity contribution in [2.24, 2.45) is 0 Å². The molecule has 0 aliphatic carbocycles. The first-order chi connectivity index (χ1) is 15.0. The number of alkyl halides is 3. The van der Waals surface area contributed by atoms with Crippen molar-refractivity contribution in [2.45, 2.75) is 23.6 Å². The molecule has 0 spiro atoms. The van der Waals surface area contributed by atoms with E-state index in [0.29, 0.717) is 24.9 Å². The number of rotatable bonds is 5. The number of fused-ring (bicyclic) bond motifs is 1. The molecule has 1 atom stereocenters. The molecule has 4 rings (SSSR count). The maximum absolute atomic E-state index is 13.5. The van der Waals surface area contributed by atoms with Crippen LogP contribution >= 0.6 is 0 Å². The monoisotopic (exact) mass is 468 g/mol. The summed E-state index contributed by atoms with van der Waals surface area (Å²) in [7, 11) is -2.29. The average molecular weight is 468 g/mol.